The first-order chi connectivity index (χ1) is 12.7. The van der Waals surface area contributed by atoms with Crippen LogP contribution in [-0.2, 0) is 17.8 Å². The third kappa shape index (κ3) is 12.0. The van der Waals surface area contributed by atoms with Crippen LogP contribution in [-0.4, -0.2) is 31.3 Å². The molecular formula is C20H38N4O2. The summed E-state index contributed by atoms with van der Waals surface area (Å²) in [6.07, 6.45) is 19.9. The summed E-state index contributed by atoms with van der Waals surface area (Å²) in [6.45, 7) is 2.99. The van der Waals surface area contributed by atoms with Gasteiger partial charge in [0.25, 0.3) is 0 Å². The van der Waals surface area contributed by atoms with Gasteiger partial charge in [0.1, 0.15) is 6.42 Å². The Morgan fingerprint density at radius 3 is 1.73 bits per heavy atom. The summed E-state index contributed by atoms with van der Waals surface area (Å²) >= 11 is 0. The molecule has 26 heavy (non-hydrogen) atoms. The second-order valence-corrected chi connectivity index (χ2v) is 7.34. The van der Waals surface area contributed by atoms with Gasteiger partial charge in [0.05, 0.1) is 0 Å². The highest BCUT2D eigenvalue weighted by Crippen LogP contribution is 2.13. The molecule has 0 unspecified atom stereocenters. The van der Waals surface area contributed by atoms with E-state index < -0.39 is 5.97 Å². The van der Waals surface area contributed by atoms with E-state index in [2.05, 4.69) is 22.4 Å². The van der Waals surface area contributed by atoms with Gasteiger partial charge < -0.3 is 5.11 Å². The molecule has 0 bridgehead atoms. The molecule has 1 heterocycles. The molecule has 1 aromatic heterocycles. The molecule has 1 rings (SSSR count). The molecule has 1 aromatic rings. The van der Waals surface area contributed by atoms with E-state index in [1.54, 1.807) is 4.68 Å². The number of tetrazole rings is 1. The van der Waals surface area contributed by atoms with Gasteiger partial charge in [0.15, 0.2) is 5.82 Å². The number of nitrogens with zero attached hydrogens (tertiary/aromatic N) is 4. The fourth-order valence-electron chi connectivity index (χ4n) is 3.29. The first kappa shape index (κ1) is 22.6. The molecule has 6 heteroatoms. The van der Waals surface area contributed by atoms with Crippen LogP contribution in [0.4, 0.5) is 0 Å². The molecule has 1 N–H and O–H groups in total. The smallest absolute Gasteiger partial charge is 0.311 e. The van der Waals surface area contributed by atoms with Crippen LogP contribution in [0.25, 0.3) is 0 Å². The van der Waals surface area contributed by atoms with Gasteiger partial charge in [-0.05, 0) is 16.8 Å². The standard InChI is InChI=1S/C20H38N4O2/c1-2-3-4-5-6-7-8-9-10-11-12-13-14-15-16-17-24-19(18-20(25)26)21-22-23-24/h2-18H2,1H3,(H,25,26). The van der Waals surface area contributed by atoms with Gasteiger partial charge in [-0.1, -0.05) is 96.8 Å². The number of unbranched alkanes of at least 4 members (excludes halogenated alkanes) is 14. The van der Waals surface area contributed by atoms with E-state index in [0.717, 1.165) is 12.8 Å². The summed E-state index contributed by atoms with van der Waals surface area (Å²) in [5.41, 5.74) is 0. The van der Waals surface area contributed by atoms with Gasteiger partial charge >= 0.3 is 5.97 Å². The van der Waals surface area contributed by atoms with Gasteiger partial charge in [-0.3, -0.25) is 4.79 Å². The van der Waals surface area contributed by atoms with Crippen molar-refractivity contribution in [2.24, 2.45) is 0 Å². The Bertz CT molecular complexity index is 462. The largest absolute Gasteiger partial charge is 0.481 e. The van der Waals surface area contributed by atoms with Crippen LogP contribution in [0.5, 0.6) is 0 Å². The van der Waals surface area contributed by atoms with Crippen molar-refractivity contribution in [3.63, 3.8) is 0 Å². The van der Waals surface area contributed by atoms with Crippen molar-refractivity contribution in [1.82, 2.24) is 20.2 Å². The van der Waals surface area contributed by atoms with Crippen molar-refractivity contribution in [2.45, 2.75) is 116 Å². The van der Waals surface area contributed by atoms with E-state index >= 15 is 0 Å². The molecule has 0 spiro atoms. The van der Waals surface area contributed by atoms with Gasteiger partial charge in [0, 0.05) is 6.54 Å². The van der Waals surface area contributed by atoms with Crippen LogP contribution >= 0.6 is 0 Å². The zero-order valence-corrected chi connectivity index (χ0v) is 16.7. The highest BCUT2D eigenvalue weighted by Gasteiger charge is 2.09. The summed E-state index contributed by atoms with van der Waals surface area (Å²) < 4.78 is 1.62. The van der Waals surface area contributed by atoms with Crippen LogP contribution < -0.4 is 0 Å². The van der Waals surface area contributed by atoms with E-state index in [0.29, 0.717) is 12.4 Å². The first-order valence-corrected chi connectivity index (χ1v) is 10.7. The predicted octanol–water partition coefficient (Wildman–Crippen LogP) is 5.17. The molecule has 150 valence electrons. The topological polar surface area (TPSA) is 80.9 Å². The lowest BCUT2D eigenvalue weighted by atomic mass is 10.0. The van der Waals surface area contributed by atoms with Crippen LogP contribution in [0.1, 0.15) is 109 Å². The maximum atomic E-state index is 10.7. The molecule has 0 atom stereocenters. The van der Waals surface area contributed by atoms with Gasteiger partial charge in [0.2, 0.25) is 0 Å². The molecule has 0 aromatic carbocycles. The normalized spacial score (nSPS) is 11.1. The Kier molecular flexibility index (Phi) is 13.7. The molecule has 0 saturated heterocycles. The fraction of sp³-hybridized carbons (Fsp3) is 0.900. The first-order valence-electron chi connectivity index (χ1n) is 10.7. The monoisotopic (exact) mass is 366 g/mol. The maximum absolute atomic E-state index is 10.7. The van der Waals surface area contributed by atoms with Gasteiger partial charge in [-0.25, -0.2) is 4.68 Å². The van der Waals surface area contributed by atoms with Crippen molar-refractivity contribution >= 4 is 5.97 Å². The van der Waals surface area contributed by atoms with E-state index in [9.17, 15) is 4.79 Å². The minimum Gasteiger partial charge on any atom is -0.481 e. The molecule has 0 aliphatic carbocycles. The fourth-order valence-corrected chi connectivity index (χ4v) is 3.29. The quantitative estimate of drug-likeness (QED) is 0.362. The summed E-state index contributed by atoms with van der Waals surface area (Å²) in [7, 11) is 0. The number of aliphatic carboxylic acids is 1. The molecule has 0 saturated carbocycles. The molecule has 6 nitrogen and oxygen atoms in total. The highest BCUT2D eigenvalue weighted by atomic mass is 16.4. The van der Waals surface area contributed by atoms with Crippen molar-refractivity contribution in [3.05, 3.63) is 5.82 Å². The predicted molar refractivity (Wildman–Crippen MR) is 104 cm³/mol. The Balaban J connectivity index is 1.84. The number of aromatic nitrogens is 4. The third-order valence-corrected chi connectivity index (χ3v) is 4.89. The van der Waals surface area contributed by atoms with Gasteiger partial charge in [-0.2, -0.15) is 0 Å². The highest BCUT2D eigenvalue weighted by molar-refractivity contribution is 5.68. The lowest BCUT2D eigenvalue weighted by Gasteiger charge is -2.04. The lowest BCUT2D eigenvalue weighted by Crippen LogP contribution is -2.10. The number of carbonyl (C=O) groups is 1. The Hall–Kier alpha value is -1.46. The molecule has 0 fully saturated rings. The van der Waals surface area contributed by atoms with Crippen molar-refractivity contribution in [2.75, 3.05) is 0 Å². The minimum absolute atomic E-state index is 0.105. The van der Waals surface area contributed by atoms with Crippen LogP contribution in [0.3, 0.4) is 0 Å². The average molecular weight is 367 g/mol. The van der Waals surface area contributed by atoms with Crippen molar-refractivity contribution in [3.8, 4) is 0 Å². The van der Waals surface area contributed by atoms with Crippen molar-refractivity contribution < 1.29 is 9.90 Å². The SMILES string of the molecule is CCCCCCCCCCCCCCCCCn1nnnc1CC(=O)O. The second kappa shape index (κ2) is 15.8. The number of carboxylic acid groups (broad SMARTS) is 1. The Labute approximate surface area is 158 Å². The number of aryl methyl sites for hydroxylation is 1. The zero-order valence-electron chi connectivity index (χ0n) is 16.7. The summed E-state index contributed by atoms with van der Waals surface area (Å²) in [5.74, 6) is -0.444. The van der Waals surface area contributed by atoms with E-state index in [-0.39, 0.29) is 6.42 Å². The van der Waals surface area contributed by atoms with Crippen molar-refractivity contribution in [1.29, 1.82) is 0 Å². The maximum Gasteiger partial charge on any atom is 0.311 e. The Morgan fingerprint density at radius 1 is 0.808 bits per heavy atom. The number of rotatable bonds is 18. The molecule has 0 amide bonds. The molecule has 0 radical (unpaired) electrons. The summed E-state index contributed by atoms with van der Waals surface area (Å²) in [4.78, 5) is 10.7. The molecular weight excluding hydrogens is 328 g/mol. The van der Waals surface area contributed by atoms with E-state index in [4.69, 9.17) is 5.11 Å². The summed E-state index contributed by atoms with van der Waals surface area (Å²) in [5, 5.41) is 20.0. The molecule has 0 aliphatic rings. The van der Waals surface area contributed by atoms with Gasteiger partial charge in [-0.15, -0.1) is 5.10 Å². The third-order valence-electron chi connectivity index (χ3n) is 4.89. The average Bonchev–Trinajstić information content (AvgIpc) is 3.04. The lowest BCUT2D eigenvalue weighted by molar-refractivity contribution is -0.136. The van der Waals surface area contributed by atoms with Crippen LogP contribution in [0, 0.1) is 0 Å². The second-order valence-electron chi connectivity index (χ2n) is 7.34. The zero-order chi connectivity index (χ0) is 18.9. The van der Waals surface area contributed by atoms with E-state index in [1.807, 2.05) is 0 Å². The number of hydrogen-bond acceptors (Lipinski definition) is 4. The molecule has 0 aliphatic heterocycles. The Morgan fingerprint density at radius 2 is 1.27 bits per heavy atom. The van der Waals surface area contributed by atoms with Crippen LogP contribution in [0.15, 0.2) is 0 Å². The number of hydrogen-bond donors (Lipinski definition) is 1. The minimum atomic E-state index is -0.891. The summed E-state index contributed by atoms with van der Waals surface area (Å²) in [6, 6.07) is 0. The van der Waals surface area contributed by atoms with E-state index in [1.165, 1.54) is 83.5 Å². The number of carboxylic acids is 1. The van der Waals surface area contributed by atoms with Crippen LogP contribution in [0.2, 0.25) is 0 Å².